The van der Waals surface area contributed by atoms with Crippen LogP contribution in [-0.4, -0.2) is 57.1 Å². The van der Waals surface area contributed by atoms with Gasteiger partial charge in [0.25, 0.3) is 5.91 Å². The third-order valence-corrected chi connectivity index (χ3v) is 5.05. The molecule has 2 heterocycles. The number of amides is 1. The van der Waals surface area contributed by atoms with Crippen LogP contribution in [0.2, 0.25) is 0 Å². The summed E-state index contributed by atoms with van der Waals surface area (Å²) in [5.74, 6) is 0.234. The fraction of sp³-hybridized carbons (Fsp3) is 0.353. The normalized spacial score (nSPS) is 14.8. The Morgan fingerprint density at radius 2 is 1.89 bits per heavy atom. The van der Waals surface area contributed by atoms with E-state index in [2.05, 4.69) is 15.3 Å². The van der Waals surface area contributed by atoms with Gasteiger partial charge in [-0.25, -0.2) is 23.5 Å². The summed E-state index contributed by atoms with van der Waals surface area (Å²) in [5, 5.41) is 7.88. The van der Waals surface area contributed by atoms with Crippen LogP contribution in [0.15, 0.2) is 41.4 Å². The van der Waals surface area contributed by atoms with E-state index in [9.17, 15) is 13.2 Å². The third kappa shape index (κ3) is 5.22. The van der Waals surface area contributed by atoms with Crippen LogP contribution in [0.4, 0.5) is 5.95 Å². The molecule has 3 rings (SSSR count). The second-order valence-corrected chi connectivity index (χ2v) is 7.60. The number of morpholine rings is 1. The van der Waals surface area contributed by atoms with Crippen LogP contribution in [-0.2, 0) is 21.2 Å². The van der Waals surface area contributed by atoms with Crippen molar-refractivity contribution < 1.29 is 17.9 Å². The molecule has 0 saturated carbocycles. The lowest BCUT2D eigenvalue weighted by Gasteiger charge is -2.26. The van der Waals surface area contributed by atoms with Crippen LogP contribution in [0, 0.1) is 0 Å². The molecule has 0 aliphatic carbocycles. The van der Waals surface area contributed by atoms with Crippen molar-refractivity contribution in [3.05, 3.63) is 47.8 Å². The lowest BCUT2D eigenvalue weighted by molar-refractivity contribution is 0.0949. The molecule has 10 heteroatoms. The molecule has 1 amide bonds. The molecule has 1 aromatic heterocycles. The number of primary sulfonamides is 1. The highest BCUT2D eigenvalue weighted by atomic mass is 32.2. The zero-order chi connectivity index (χ0) is 19.3. The van der Waals surface area contributed by atoms with Gasteiger partial charge in [0.2, 0.25) is 16.0 Å². The maximum absolute atomic E-state index is 12.3. The van der Waals surface area contributed by atoms with Crippen molar-refractivity contribution in [3.8, 4) is 0 Å². The first-order valence-corrected chi connectivity index (χ1v) is 10.0. The molecule has 1 saturated heterocycles. The van der Waals surface area contributed by atoms with Crippen LogP contribution >= 0.6 is 0 Å². The first-order valence-electron chi connectivity index (χ1n) is 8.49. The highest BCUT2D eigenvalue weighted by Crippen LogP contribution is 2.11. The maximum Gasteiger partial charge on any atom is 0.270 e. The van der Waals surface area contributed by atoms with Gasteiger partial charge < -0.3 is 15.0 Å². The smallest absolute Gasteiger partial charge is 0.270 e. The summed E-state index contributed by atoms with van der Waals surface area (Å²) in [4.78, 5) is 22.9. The van der Waals surface area contributed by atoms with Crippen LogP contribution < -0.4 is 15.4 Å². The Labute approximate surface area is 157 Å². The van der Waals surface area contributed by atoms with Crippen molar-refractivity contribution in [2.24, 2.45) is 5.14 Å². The number of aromatic nitrogens is 2. The Kier molecular flexibility index (Phi) is 5.99. The lowest BCUT2D eigenvalue weighted by atomic mass is 10.1. The number of hydrogen-bond donors (Lipinski definition) is 2. The fourth-order valence-corrected chi connectivity index (χ4v) is 3.16. The molecule has 0 radical (unpaired) electrons. The highest BCUT2D eigenvalue weighted by Gasteiger charge is 2.16. The number of nitrogens with one attached hydrogen (secondary N) is 1. The molecule has 1 aliphatic heterocycles. The Morgan fingerprint density at radius 1 is 1.19 bits per heavy atom. The van der Waals surface area contributed by atoms with E-state index in [-0.39, 0.29) is 10.8 Å². The minimum absolute atomic E-state index is 0.0620. The van der Waals surface area contributed by atoms with Gasteiger partial charge in [0.15, 0.2) is 0 Å². The molecule has 1 aromatic carbocycles. The molecular weight excluding hydrogens is 370 g/mol. The van der Waals surface area contributed by atoms with Crippen molar-refractivity contribution >= 4 is 21.9 Å². The molecule has 0 atom stereocenters. The second-order valence-electron chi connectivity index (χ2n) is 6.04. The van der Waals surface area contributed by atoms with Gasteiger partial charge in [-0.15, -0.1) is 0 Å². The van der Waals surface area contributed by atoms with Crippen molar-refractivity contribution in [2.45, 2.75) is 11.3 Å². The minimum Gasteiger partial charge on any atom is -0.378 e. The summed E-state index contributed by atoms with van der Waals surface area (Å²) >= 11 is 0. The summed E-state index contributed by atoms with van der Waals surface area (Å²) < 4.78 is 27.8. The van der Waals surface area contributed by atoms with Gasteiger partial charge in [-0.3, -0.25) is 4.79 Å². The number of carbonyl (C=O) groups is 1. The number of benzene rings is 1. The van der Waals surface area contributed by atoms with Crippen molar-refractivity contribution in [1.82, 2.24) is 15.3 Å². The number of anilines is 1. The number of hydrogen-bond acceptors (Lipinski definition) is 7. The quantitative estimate of drug-likeness (QED) is 0.706. The number of sulfonamides is 1. The molecule has 9 nitrogen and oxygen atoms in total. The summed E-state index contributed by atoms with van der Waals surface area (Å²) in [6, 6.07) is 7.82. The van der Waals surface area contributed by atoms with E-state index in [0.29, 0.717) is 50.9 Å². The minimum atomic E-state index is -3.70. The van der Waals surface area contributed by atoms with E-state index in [1.165, 1.54) is 12.1 Å². The van der Waals surface area contributed by atoms with E-state index in [4.69, 9.17) is 9.88 Å². The second kappa shape index (κ2) is 8.42. The number of ether oxygens (including phenoxy) is 1. The van der Waals surface area contributed by atoms with Gasteiger partial charge in [-0.2, -0.15) is 0 Å². The standard InChI is InChI=1S/C17H21N5O4S/c18-27(24,25)14-3-1-13(2-4-14)5-7-19-16(23)15-6-8-20-17(21-15)22-9-11-26-12-10-22/h1-4,6,8H,5,7,9-12H2,(H,19,23)(H2,18,24,25). The Hall–Kier alpha value is -2.56. The molecule has 1 fully saturated rings. The summed E-state index contributed by atoms with van der Waals surface area (Å²) in [7, 11) is -3.70. The topological polar surface area (TPSA) is 128 Å². The molecule has 27 heavy (non-hydrogen) atoms. The lowest BCUT2D eigenvalue weighted by Crippen LogP contribution is -2.37. The van der Waals surface area contributed by atoms with E-state index in [1.54, 1.807) is 24.4 Å². The Bertz CT molecular complexity index is 896. The van der Waals surface area contributed by atoms with Crippen LogP contribution in [0.1, 0.15) is 16.1 Å². The monoisotopic (exact) mass is 391 g/mol. The summed E-state index contributed by atoms with van der Waals surface area (Å²) in [5.41, 5.74) is 1.19. The van der Waals surface area contributed by atoms with E-state index in [1.807, 2.05) is 4.90 Å². The Balaban J connectivity index is 1.55. The molecule has 0 spiro atoms. The number of carbonyl (C=O) groups excluding carboxylic acids is 1. The van der Waals surface area contributed by atoms with Gasteiger partial charge >= 0.3 is 0 Å². The van der Waals surface area contributed by atoms with Gasteiger partial charge in [0.1, 0.15) is 5.69 Å². The van der Waals surface area contributed by atoms with Crippen molar-refractivity contribution in [2.75, 3.05) is 37.7 Å². The van der Waals surface area contributed by atoms with Gasteiger partial charge in [-0.1, -0.05) is 12.1 Å². The largest absolute Gasteiger partial charge is 0.378 e. The average Bonchev–Trinajstić information content (AvgIpc) is 2.68. The van der Waals surface area contributed by atoms with Gasteiger partial charge in [-0.05, 0) is 30.2 Å². The van der Waals surface area contributed by atoms with E-state index in [0.717, 1.165) is 5.56 Å². The first kappa shape index (κ1) is 19.2. The number of rotatable bonds is 6. The van der Waals surface area contributed by atoms with Crippen LogP contribution in [0.3, 0.4) is 0 Å². The maximum atomic E-state index is 12.3. The van der Waals surface area contributed by atoms with Gasteiger partial charge in [0.05, 0.1) is 18.1 Å². The highest BCUT2D eigenvalue weighted by molar-refractivity contribution is 7.89. The molecular formula is C17H21N5O4S. The SMILES string of the molecule is NS(=O)(=O)c1ccc(CCNC(=O)c2ccnc(N3CCOCC3)n2)cc1. The number of nitrogens with zero attached hydrogens (tertiary/aromatic N) is 3. The van der Waals surface area contributed by atoms with Crippen LogP contribution in [0.5, 0.6) is 0 Å². The predicted molar refractivity (Wildman–Crippen MR) is 98.9 cm³/mol. The van der Waals surface area contributed by atoms with Crippen molar-refractivity contribution in [1.29, 1.82) is 0 Å². The first-order chi connectivity index (χ1) is 12.9. The van der Waals surface area contributed by atoms with E-state index < -0.39 is 10.0 Å². The summed E-state index contributed by atoms with van der Waals surface area (Å²) in [6.45, 7) is 3.01. The average molecular weight is 391 g/mol. The molecule has 0 bridgehead atoms. The van der Waals surface area contributed by atoms with Gasteiger partial charge in [0, 0.05) is 25.8 Å². The predicted octanol–water partition coefficient (Wildman–Crippen LogP) is -0.0669. The number of nitrogens with two attached hydrogens (primary N) is 1. The molecule has 3 N–H and O–H groups in total. The summed E-state index contributed by atoms with van der Waals surface area (Å²) in [6.07, 6.45) is 2.12. The van der Waals surface area contributed by atoms with E-state index >= 15 is 0 Å². The molecule has 0 unspecified atom stereocenters. The molecule has 1 aliphatic rings. The van der Waals surface area contributed by atoms with Crippen LogP contribution in [0.25, 0.3) is 0 Å². The zero-order valence-electron chi connectivity index (χ0n) is 14.7. The third-order valence-electron chi connectivity index (χ3n) is 4.12. The molecule has 144 valence electrons. The fourth-order valence-electron chi connectivity index (χ4n) is 2.65. The zero-order valence-corrected chi connectivity index (χ0v) is 15.5. The molecule has 2 aromatic rings. The Morgan fingerprint density at radius 3 is 2.56 bits per heavy atom. The van der Waals surface area contributed by atoms with Crippen molar-refractivity contribution in [3.63, 3.8) is 0 Å².